The number of rotatable bonds is 2. The molecule has 2 amide bonds. The average molecular weight is 219 g/mol. The van der Waals surface area contributed by atoms with Crippen LogP contribution in [0.2, 0.25) is 5.02 Å². The summed E-state index contributed by atoms with van der Waals surface area (Å²) >= 11 is 5.54. The van der Waals surface area contributed by atoms with Gasteiger partial charge in [0.05, 0.1) is 12.2 Å². The number of aromatic amines is 2. The van der Waals surface area contributed by atoms with Gasteiger partial charge >= 0.3 is 11.7 Å². The van der Waals surface area contributed by atoms with Gasteiger partial charge in [-0.15, -0.1) is 0 Å². The van der Waals surface area contributed by atoms with Gasteiger partial charge in [-0.25, -0.2) is 9.59 Å². The fourth-order valence-corrected chi connectivity index (χ4v) is 0.977. The van der Waals surface area contributed by atoms with Gasteiger partial charge in [0.15, 0.2) is 0 Å². The number of carbonyl (C=O) groups is 1. The molecule has 8 heteroatoms. The molecule has 0 fully saturated rings. The maximum absolute atomic E-state index is 11.0. The lowest BCUT2D eigenvalue weighted by molar-refractivity contribution is 0.248. The number of hydrogen-bond donors (Lipinski definition) is 4. The van der Waals surface area contributed by atoms with Gasteiger partial charge in [0, 0.05) is 0 Å². The van der Waals surface area contributed by atoms with Crippen molar-refractivity contribution >= 4 is 17.6 Å². The van der Waals surface area contributed by atoms with Gasteiger partial charge in [-0.1, -0.05) is 11.6 Å². The van der Waals surface area contributed by atoms with Crippen LogP contribution < -0.4 is 22.3 Å². The molecule has 0 bridgehead atoms. The molecule has 76 valence electrons. The molecule has 7 nitrogen and oxygen atoms in total. The summed E-state index contributed by atoms with van der Waals surface area (Å²) in [6.07, 6.45) is 0. The summed E-state index contributed by atoms with van der Waals surface area (Å²) < 4.78 is 0. The molecule has 1 aromatic rings. The van der Waals surface area contributed by atoms with Crippen LogP contribution in [0.15, 0.2) is 9.59 Å². The Labute approximate surface area is 82.3 Å². The Balaban J connectivity index is 3.03. The number of primary amides is 1. The average Bonchev–Trinajstić information content (AvgIpc) is 2.08. The van der Waals surface area contributed by atoms with Gasteiger partial charge in [-0.05, 0) is 0 Å². The molecule has 14 heavy (non-hydrogen) atoms. The van der Waals surface area contributed by atoms with Crippen molar-refractivity contribution in [2.75, 3.05) is 0 Å². The monoisotopic (exact) mass is 218 g/mol. The maximum Gasteiger partial charge on any atom is 0.326 e. The highest BCUT2D eigenvalue weighted by Crippen LogP contribution is 2.03. The zero-order chi connectivity index (χ0) is 10.7. The minimum atomic E-state index is -0.776. The van der Waals surface area contributed by atoms with E-state index in [0.29, 0.717) is 0 Å². The molecule has 1 heterocycles. The van der Waals surface area contributed by atoms with Gasteiger partial charge < -0.3 is 16.0 Å². The topological polar surface area (TPSA) is 121 Å². The Hall–Kier alpha value is -1.76. The maximum atomic E-state index is 11.0. The first-order valence-electron chi connectivity index (χ1n) is 3.55. The molecule has 5 N–H and O–H groups in total. The Morgan fingerprint density at radius 2 is 2.07 bits per heavy atom. The normalized spacial score (nSPS) is 9.79. The lowest BCUT2D eigenvalue weighted by atomic mass is 10.4. The number of H-pyrrole nitrogens is 2. The highest BCUT2D eigenvalue weighted by atomic mass is 35.5. The van der Waals surface area contributed by atoms with E-state index in [2.05, 4.69) is 10.3 Å². The first-order valence-corrected chi connectivity index (χ1v) is 3.93. The Morgan fingerprint density at radius 1 is 1.43 bits per heavy atom. The van der Waals surface area contributed by atoms with Crippen molar-refractivity contribution in [1.29, 1.82) is 0 Å². The molecule has 0 atom stereocenters. The predicted octanol–water partition coefficient (Wildman–Crippen LogP) is -1.12. The molecule has 0 aliphatic rings. The van der Waals surface area contributed by atoms with Crippen molar-refractivity contribution in [3.8, 4) is 0 Å². The number of nitrogens with one attached hydrogen (secondary N) is 3. The van der Waals surface area contributed by atoms with Crippen molar-refractivity contribution < 1.29 is 4.79 Å². The van der Waals surface area contributed by atoms with Crippen LogP contribution in [0.5, 0.6) is 0 Å². The van der Waals surface area contributed by atoms with Gasteiger partial charge in [0.1, 0.15) is 5.02 Å². The summed E-state index contributed by atoms with van der Waals surface area (Å²) in [4.78, 5) is 36.3. The van der Waals surface area contributed by atoms with E-state index in [-0.39, 0.29) is 17.3 Å². The van der Waals surface area contributed by atoms with E-state index in [4.69, 9.17) is 17.3 Å². The SMILES string of the molecule is NC(=O)NCc1[nH]c(=O)[nH]c(=O)c1Cl. The van der Waals surface area contributed by atoms with Gasteiger partial charge in [0.2, 0.25) is 0 Å². The van der Waals surface area contributed by atoms with Crippen LogP contribution in [0.4, 0.5) is 4.79 Å². The highest BCUT2D eigenvalue weighted by Gasteiger charge is 2.06. The van der Waals surface area contributed by atoms with E-state index in [0.717, 1.165) is 0 Å². The van der Waals surface area contributed by atoms with Crippen LogP contribution >= 0.6 is 11.6 Å². The Morgan fingerprint density at radius 3 is 2.64 bits per heavy atom. The number of amides is 2. The fourth-order valence-electron chi connectivity index (χ4n) is 0.815. The van der Waals surface area contributed by atoms with Crippen LogP contribution in [0.3, 0.4) is 0 Å². The van der Waals surface area contributed by atoms with E-state index in [1.165, 1.54) is 0 Å². The number of nitrogens with two attached hydrogens (primary N) is 1. The smallest absolute Gasteiger partial charge is 0.326 e. The summed E-state index contributed by atoms with van der Waals surface area (Å²) in [5.41, 5.74) is 3.50. The van der Waals surface area contributed by atoms with Gasteiger partial charge in [-0.3, -0.25) is 9.78 Å². The van der Waals surface area contributed by atoms with Crippen LogP contribution in [0.25, 0.3) is 0 Å². The van der Waals surface area contributed by atoms with Crippen molar-refractivity contribution in [2.45, 2.75) is 6.54 Å². The Kier molecular flexibility index (Phi) is 2.92. The standard InChI is InChI=1S/C6H7ClN4O3/c7-3-2(1-9-5(8)13)10-6(14)11-4(3)12/h1H2,(H3,8,9,13)(H2,10,11,12,14). The van der Waals surface area contributed by atoms with Crippen molar-refractivity contribution in [2.24, 2.45) is 5.73 Å². The summed E-state index contributed by atoms with van der Waals surface area (Å²) in [5.74, 6) is 0. The minimum absolute atomic E-state index is 0.104. The highest BCUT2D eigenvalue weighted by molar-refractivity contribution is 6.30. The molecule has 0 radical (unpaired) electrons. The predicted molar refractivity (Wildman–Crippen MR) is 49.1 cm³/mol. The lowest BCUT2D eigenvalue weighted by Gasteiger charge is -2.02. The van der Waals surface area contributed by atoms with Crippen LogP contribution in [0.1, 0.15) is 5.69 Å². The number of hydrogen-bond acceptors (Lipinski definition) is 3. The fraction of sp³-hybridized carbons (Fsp3) is 0.167. The first-order chi connectivity index (χ1) is 6.50. The van der Waals surface area contributed by atoms with E-state index in [1.54, 1.807) is 0 Å². The molecule has 0 aromatic carbocycles. The van der Waals surface area contributed by atoms with Crippen LogP contribution in [-0.4, -0.2) is 16.0 Å². The largest absolute Gasteiger partial charge is 0.352 e. The van der Waals surface area contributed by atoms with E-state index in [1.807, 2.05) is 4.98 Å². The lowest BCUT2D eigenvalue weighted by Crippen LogP contribution is -2.32. The first kappa shape index (κ1) is 10.3. The number of carbonyl (C=O) groups excluding carboxylic acids is 1. The van der Waals surface area contributed by atoms with Crippen molar-refractivity contribution in [3.63, 3.8) is 0 Å². The number of urea groups is 1. The molecule has 0 spiro atoms. The molecule has 0 unspecified atom stereocenters. The third-order valence-electron chi connectivity index (χ3n) is 1.40. The second-order valence-electron chi connectivity index (χ2n) is 2.42. The molecule has 0 aliphatic carbocycles. The summed E-state index contributed by atoms with van der Waals surface area (Å²) in [5, 5.41) is 2.01. The number of halogens is 1. The summed E-state index contributed by atoms with van der Waals surface area (Å²) in [6.45, 7) is -0.104. The molecular weight excluding hydrogens is 212 g/mol. The quantitative estimate of drug-likeness (QED) is 0.503. The van der Waals surface area contributed by atoms with Crippen LogP contribution in [0, 0.1) is 0 Å². The third kappa shape index (κ3) is 2.36. The molecular formula is C6H7ClN4O3. The van der Waals surface area contributed by atoms with Crippen LogP contribution in [-0.2, 0) is 6.54 Å². The van der Waals surface area contributed by atoms with E-state index < -0.39 is 17.3 Å². The zero-order valence-corrected chi connectivity index (χ0v) is 7.64. The van der Waals surface area contributed by atoms with E-state index in [9.17, 15) is 14.4 Å². The zero-order valence-electron chi connectivity index (χ0n) is 6.89. The molecule has 1 aromatic heterocycles. The van der Waals surface area contributed by atoms with Crippen molar-refractivity contribution in [3.05, 3.63) is 31.6 Å². The Bertz CT molecular complexity index is 463. The van der Waals surface area contributed by atoms with Crippen molar-refractivity contribution in [1.82, 2.24) is 15.3 Å². The van der Waals surface area contributed by atoms with Gasteiger partial charge in [0.25, 0.3) is 5.56 Å². The summed E-state index contributed by atoms with van der Waals surface area (Å²) in [6, 6.07) is -0.776. The third-order valence-corrected chi connectivity index (χ3v) is 1.79. The number of aromatic nitrogens is 2. The van der Waals surface area contributed by atoms with E-state index >= 15 is 0 Å². The minimum Gasteiger partial charge on any atom is -0.352 e. The molecule has 1 rings (SSSR count). The molecule has 0 saturated heterocycles. The second kappa shape index (κ2) is 3.97. The summed E-state index contributed by atoms with van der Waals surface area (Å²) in [7, 11) is 0. The van der Waals surface area contributed by atoms with Gasteiger partial charge in [-0.2, -0.15) is 0 Å². The molecule has 0 aliphatic heterocycles. The second-order valence-corrected chi connectivity index (χ2v) is 2.80. The molecule has 0 saturated carbocycles.